The molecule has 0 amide bonds. The molecule has 0 bridgehead atoms. The Morgan fingerprint density at radius 2 is 1.87 bits per heavy atom. The van der Waals surface area contributed by atoms with Crippen LogP contribution < -0.4 is 0 Å². The summed E-state index contributed by atoms with van der Waals surface area (Å²) in [5, 5.41) is 20.4. The first kappa shape index (κ1) is 16.1. The van der Waals surface area contributed by atoms with E-state index in [9.17, 15) is 10.2 Å². The van der Waals surface area contributed by atoms with Crippen LogP contribution in [-0.2, 0) is 0 Å². The van der Waals surface area contributed by atoms with E-state index in [4.69, 9.17) is 0 Å². The fourth-order valence-corrected chi connectivity index (χ4v) is 7.41. The van der Waals surface area contributed by atoms with Crippen molar-refractivity contribution in [3.8, 4) is 0 Å². The summed E-state index contributed by atoms with van der Waals surface area (Å²) < 4.78 is 0. The molecule has 0 aromatic rings. The molecule has 23 heavy (non-hydrogen) atoms. The minimum Gasteiger partial charge on any atom is -0.393 e. The summed E-state index contributed by atoms with van der Waals surface area (Å²) >= 11 is 0. The molecule has 0 radical (unpaired) electrons. The van der Waals surface area contributed by atoms with Crippen molar-refractivity contribution in [2.24, 2.45) is 40.4 Å². The van der Waals surface area contributed by atoms with Gasteiger partial charge in [-0.3, -0.25) is 0 Å². The lowest BCUT2D eigenvalue weighted by Gasteiger charge is -2.58. The number of hydrogen-bond acceptors (Lipinski definition) is 2. The summed E-state index contributed by atoms with van der Waals surface area (Å²) in [6, 6.07) is 0. The largest absolute Gasteiger partial charge is 0.393 e. The zero-order chi connectivity index (χ0) is 16.4. The quantitative estimate of drug-likeness (QED) is 0.713. The smallest absolute Gasteiger partial charge is 0.0548 e. The van der Waals surface area contributed by atoms with E-state index in [0.717, 1.165) is 24.7 Å². The maximum Gasteiger partial charge on any atom is 0.0548 e. The van der Waals surface area contributed by atoms with Gasteiger partial charge < -0.3 is 10.2 Å². The zero-order valence-corrected chi connectivity index (χ0v) is 15.0. The number of rotatable bonds is 1. The van der Waals surface area contributed by atoms with Gasteiger partial charge in [0.25, 0.3) is 0 Å². The lowest BCUT2D eigenvalue weighted by atomic mass is 9.46. The third-order valence-corrected chi connectivity index (χ3v) is 8.73. The number of allylic oxidation sites excluding steroid dienone is 2. The topological polar surface area (TPSA) is 40.5 Å². The van der Waals surface area contributed by atoms with Crippen LogP contribution in [0.15, 0.2) is 12.2 Å². The van der Waals surface area contributed by atoms with Crippen LogP contribution in [0.4, 0.5) is 0 Å². The van der Waals surface area contributed by atoms with E-state index >= 15 is 0 Å². The van der Waals surface area contributed by atoms with Crippen LogP contribution in [0, 0.1) is 40.4 Å². The molecule has 2 N–H and O–H groups in total. The van der Waals surface area contributed by atoms with Gasteiger partial charge in [0.1, 0.15) is 0 Å². The van der Waals surface area contributed by atoms with E-state index in [2.05, 4.69) is 26.0 Å². The highest BCUT2D eigenvalue weighted by molar-refractivity contribution is 5.21. The summed E-state index contributed by atoms with van der Waals surface area (Å²) in [7, 11) is 0. The summed E-state index contributed by atoms with van der Waals surface area (Å²) in [5.41, 5.74) is 0.593. The van der Waals surface area contributed by atoms with Gasteiger partial charge in [0.2, 0.25) is 0 Å². The summed E-state index contributed by atoms with van der Waals surface area (Å²) in [4.78, 5) is 0. The number of fused-ring (bicyclic) bond motifs is 5. The van der Waals surface area contributed by atoms with Gasteiger partial charge in [0, 0.05) is 0 Å². The number of hydrogen-bond donors (Lipinski definition) is 2. The van der Waals surface area contributed by atoms with Crippen molar-refractivity contribution in [2.75, 3.05) is 0 Å². The first-order valence-electron chi connectivity index (χ1n) is 9.92. The second-order valence-electron chi connectivity index (χ2n) is 9.65. The van der Waals surface area contributed by atoms with Gasteiger partial charge in [0.15, 0.2) is 0 Å². The van der Waals surface area contributed by atoms with Crippen LogP contribution in [-0.4, -0.2) is 22.4 Å². The highest BCUT2D eigenvalue weighted by Gasteiger charge is 2.58. The number of aliphatic hydroxyl groups excluding tert-OH is 2. The molecule has 4 rings (SSSR count). The van der Waals surface area contributed by atoms with Gasteiger partial charge >= 0.3 is 0 Å². The first-order chi connectivity index (χ1) is 10.9. The Bertz CT molecular complexity index is 498. The molecule has 9 atom stereocenters. The molecule has 2 heteroatoms. The van der Waals surface area contributed by atoms with Crippen LogP contribution in [0.25, 0.3) is 0 Å². The van der Waals surface area contributed by atoms with Gasteiger partial charge in [-0.2, -0.15) is 0 Å². The molecule has 0 aliphatic heterocycles. The second-order valence-corrected chi connectivity index (χ2v) is 9.65. The Hall–Kier alpha value is -0.340. The van der Waals surface area contributed by atoms with Gasteiger partial charge in [-0.05, 0) is 92.3 Å². The summed E-state index contributed by atoms with van der Waals surface area (Å²) in [6.45, 7) is 6.90. The summed E-state index contributed by atoms with van der Waals surface area (Å²) in [5.74, 6) is 3.38. The molecule has 4 aliphatic carbocycles. The normalized spacial score (nSPS) is 56.6. The van der Waals surface area contributed by atoms with Crippen molar-refractivity contribution in [2.45, 2.75) is 77.9 Å². The maximum absolute atomic E-state index is 10.3. The minimum absolute atomic E-state index is 0.0615. The van der Waals surface area contributed by atoms with Gasteiger partial charge in [0.05, 0.1) is 12.2 Å². The molecule has 1 unspecified atom stereocenters. The average Bonchev–Trinajstić information content (AvgIpc) is 2.85. The molecule has 2 nitrogen and oxygen atoms in total. The Morgan fingerprint density at radius 3 is 2.61 bits per heavy atom. The lowest BCUT2D eigenvalue weighted by molar-refractivity contribution is -0.0841. The lowest BCUT2D eigenvalue weighted by Crippen LogP contribution is -2.52. The van der Waals surface area contributed by atoms with E-state index < -0.39 is 0 Å². The number of aliphatic hydroxyl groups is 2. The van der Waals surface area contributed by atoms with E-state index in [1.807, 2.05) is 6.92 Å². The molecule has 0 aromatic carbocycles. The van der Waals surface area contributed by atoms with Gasteiger partial charge in [-0.15, -0.1) is 0 Å². The zero-order valence-electron chi connectivity index (χ0n) is 15.0. The maximum atomic E-state index is 10.3. The molecule has 0 saturated heterocycles. The molecule has 3 fully saturated rings. The fraction of sp³-hybridized carbons (Fsp3) is 0.905. The Morgan fingerprint density at radius 1 is 1.09 bits per heavy atom. The third-order valence-electron chi connectivity index (χ3n) is 8.73. The van der Waals surface area contributed by atoms with Crippen LogP contribution in [0.2, 0.25) is 0 Å². The first-order valence-corrected chi connectivity index (χ1v) is 9.92. The Kier molecular flexibility index (Phi) is 3.74. The van der Waals surface area contributed by atoms with Crippen LogP contribution >= 0.6 is 0 Å². The molecule has 3 saturated carbocycles. The van der Waals surface area contributed by atoms with E-state index in [-0.39, 0.29) is 17.6 Å². The minimum atomic E-state index is -0.192. The van der Waals surface area contributed by atoms with E-state index in [1.54, 1.807) is 0 Å². The monoisotopic (exact) mass is 318 g/mol. The molecule has 130 valence electrons. The van der Waals surface area contributed by atoms with E-state index in [1.165, 1.54) is 32.1 Å². The predicted molar refractivity (Wildman–Crippen MR) is 92.8 cm³/mol. The predicted octanol–water partition coefficient (Wildman–Crippen LogP) is 4.16. The van der Waals surface area contributed by atoms with Crippen molar-refractivity contribution < 1.29 is 10.2 Å². The summed E-state index contributed by atoms with van der Waals surface area (Å²) in [6.07, 6.45) is 13.1. The van der Waals surface area contributed by atoms with Crippen molar-refractivity contribution in [3.63, 3.8) is 0 Å². The van der Waals surface area contributed by atoms with Crippen LogP contribution in [0.5, 0.6) is 0 Å². The van der Waals surface area contributed by atoms with Crippen LogP contribution in [0.1, 0.15) is 65.7 Å². The highest BCUT2D eigenvalue weighted by Crippen LogP contribution is 2.65. The van der Waals surface area contributed by atoms with Crippen molar-refractivity contribution >= 4 is 0 Å². The molecular formula is C21H34O2. The fourth-order valence-electron chi connectivity index (χ4n) is 7.41. The highest BCUT2D eigenvalue weighted by atomic mass is 16.3. The SMILES string of the molecule is CC(O)[C@H]1CC[C@H]2[C@@H]3CC[C@@H]4C[C@H](O)CC[C@]4(C)[C@H]3C=C[C@]12C. The Balaban J connectivity index is 1.67. The standard InChI is InChI=1S/C21H34O2/c1-13(22)17-6-7-18-16-5-4-14-12-15(23)8-10-20(14,2)19(16)9-11-21(17,18)3/h9,11,13-19,22-23H,4-8,10,12H2,1-3H3/t13?,14-,15-,16+,17-,18+,19+,20+,21-/m1/s1. The molecule has 0 spiro atoms. The van der Waals surface area contributed by atoms with Crippen LogP contribution in [0.3, 0.4) is 0 Å². The van der Waals surface area contributed by atoms with Crippen molar-refractivity contribution in [1.82, 2.24) is 0 Å². The van der Waals surface area contributed by atoms with E-state index in [0.29, 0.717) is 23.2 Å². The molecular weight excluding hydrogens is 284 g/mol. The van der Waals surface area contributed by atoms with Gasteiger partial charge in [-0.1, -0.05) is 26.0 Å². The van der Waals surface area contributed by atoms with Crippen molar-refractivity contribution in [3.05, 3.63) is 12.2 Å². The second kappa shape index (κ2) is 5.33. The van der Waals surface area contributed by atoms with Gasteiger partial charge in [-0.25, -0.2) is 0 Å². The third kappa shape index (κ3) is 2.20. The molecule has 0 aromatic heterocycles. The molecule has 4 aliphatic rings. The van der Waals surface area contributed by atoms with Crippen molar-refractivity contribution in [1.29, 1.82) is 0 Å². The Labute approximate surface area is 141 Å². The molecule has 0 heterocycles. The average molecular weight is 319 g/mol.